The summed E-state index contributed by atoms with van der Waals surface area (Å²) >= 11 is 3.25. The number of hydrogen-bond donors (Lipinski definition) is 0. The van der Waals surface area contributed by atoms with Gasteiger partial charge in [0, 0.05) is 14.2 Å². The molecule has 0 saturated heterocycles. The molecule has 1 unspecified atom stereocenters. The molecule has 0 aliphatic carbocycles. The molecule has 0 fully saturated rings. The first kappa shape index (κ1) is 12.1. The van der Waals surface area contributed by atoms with E-state index in [0.717, 1.165) is 0 Å². The van der Waals surface area contributed by atoms with Crippen molar-refractivity contribution in [1.82, 2.24) is 4.98 Å². The molecular formula is C10H13BrN2O2. The Bertz CT molecular complexity index is 357. The van der Waals surface area contributed by atoms with E-state index in [1.165, 1.54) is 12.0 Å². The first-order valence-corrected chi connectivity index (χ1v) is 5.28. The molecule has 1 atom stereocenters. The Balaban J connectivity index is 2.85. The molecule has 1 amide bonds. The summed E-state index contributed by atoms with van der Waals surface area (Å²) in [5, 5.41) is 0. The Morgan fingerprint density at radius 2 is 2.27 bits per heavy atom. The molecule has 4 nitrogen and oxygen atoms in total. The van der Waals surface area contributed by atoms with Gasteiger partial charge in [-0.2, -0.15) is 0 Å². The number of methoxy groups -OCH3 is 1. The second kappa shape index (κ2) is 5.23. The standard InChI is InChI=1S/C10H13BrN2O2/c1-7(15-3)10(14)13(2)9-6-4-5-8(11)12-9/h4-7H,1-3H3. The number of aromatic nitrogens is 1. The Labute approximate surface area is 97.4 Å². The topological polar surface area (TPSA) is 42.4 Å². The van der Waals surface area contributed by atoms with E-state index in [-0.39, 0.29) is 5.91 Å². The predicted octanol–water partition coefficient (Wildman–Crippen LogP) is 1.84. The van der Waals surface area contributed by atoms with Crippen molar-refractivity contribution in [2.75, 3.05) is 19.1 Å². The van der Waals surface area contributed by atoms with Crippen LogP contribution in [0.4, 0.5) is 5.82 Å². The van der Waals surface area contributed by atoms with Gasteiger partial charge in [-0.05, 0) is 35.0 Å². The third kappa shape index (κ3) is 3.00. The van der Waals surface area contributed by atoms with E-state index in [9.17, 15) is 4.79 Å². The number of nitrogens with zero attached hydrogens (tertiary/aromatic N) is 2. The Hall–Kier alpha value is -0.940. The number of amides is 1. The van der Waals surface area contributed by atoms with Gasteiger partial charge in [0.05, 0.1) is 0 Å². The SMILES string of the molecule is COC(C)C(=O)N(C)c1cccc(Br)n1. The van der Waals surface area contributed by atoms with Crippen LogP contribution in [-0.4, -0.2) is 31.2 Å². The number of pyridine rings is 1. The zero-order chi connectivity index (χ0) is 11.4. The fourth-order valence-corrected chi connectivity index (χ4v) is 1.41. The summed E-state index contributed by atoms with van der Waals surface area (Å²) in [7, 11) is 3.18. The lowest BCUT2D eigenvalue weighted by molar-refractivity contribution is -0.127. The van der Waals surface area contributed by atoms with E-state index in [1.807, 2.05) is 12.1 Å². The van der Waals surface area contributed by atoms with E-state index < -0.39 is 6.10 Å². The molecule has 0 radical (unpaired) electrons. The fourth-order valence-electron chi connectivity index (χ4n) is 1.07. The molecule has 0 saturated carbocycles. The third-order valence-corrected chi connectivity index (χ3v) is 2.52. The minimum atomic E-state index is -0.462. The van der Waals surface area contributed by atoms with Gasteiger partial charge < -0.3 is 4.74 Å². The van der Waals surface area contributed by atoms with Gasteiger partial charge in [-0.15, -0.1) is 0 Å². The highest BCUT2D eigenvalue weighted by Gasteiger charge is 2.18. The molecule has 0 N–H and O–H groups in total. The molecule has 1 aromatic rings. The van der Waals surface area contributed by atoms with Gasteiger partial charge in [-0.3, -0.25) is 9.69 Å². The quantitative estimate of drug-likeness (QED) is 0.789. The zero-order valence-corrected chi connectivity index (χ0v) is 10.5. The molecular weight excluding hydrogens is 260 g/mol. The molecule has 15 heavy (non-hydrogen) atoms. The van der Waals surface area contributed by atoms with Crippen molar-refractivity contribution in [3.05, 3.63) is 22.8 Å². The average Bonchev–Trinajstić information content (AvgIpc) is 2.26. The molecule has 0 bridgehead atoms. The summed E-state index contributed by atoms with van der Waals surface area (Å²) in [5.41, 5.74) is 0. The van der Waals surface area contributed by atoms with E-state index in [1.54, 1.807) is 20.0 Å². The van der Waals surface area contributed by atoms with E-state index in [2.05, 4.69) is 20.9 Å². The van der Waals surface area contributed by atoms with Crippen molar-refractivity contribution in [2.45, 2.75) is 13.0 Å². The lowest BCUT2D eigenvalue weighted by atomic mass is 10.3. The van der Waals surface area contributed by atoms with Crippen LogP contribution >= 0.6 is 15.9 Å². The van der Waals surface area contributed by atoms with Crippen LogP contribution < -0.4 is 4.90 Å². The van der Waals surface area contributed by atoms with Crippen molar-refractivity contribution in [2.24, 2.45) is 0 Å². The highest BCUT2D eigenvalue weighted by atomic mass is 79.9. The molecule has 0 spiro atoms. The van der Waals surface area contributed by atoms with Crippen LogP contribution in [0.1, 0.15) is 6.92 Å². The number of likely N-dealkylation sites (N-methyl/N-ethyl adjacent to an activating group) is 1. The molecule has 1 aromatic heterocycles. The molecule has 5 heteroatoms. The van der Waals surface area contributed by atoms with Gasteiger partial charge in [0.25, 0.3) is 5.91 Å². The van der Waals surface area contributed by atoms with E-state index >= 15 is 0 Å². The number of carbonyl (C=O) groups is 1. The Morgan fingerprint density at radius 3 is 2.80 bits per heavy atom. The number of anilines is 1. The number of carbonyl (C=O) groups excluding carboxylic acids is 1. The zero-order valence-electron chi connectivity index (χ0n) is 8.90. The predicted molar refractivity (Wildman–Crippen MR) is 61.8 cm³/mol. The third-order valence-electron chi connectivity index (χ3n) is 2.08. The van der Waals surface area contributed by atoms with Crippen molar-refractivity contribution in [3.8, 4) is 0 Å². The van der Waals surface area contributed by atoms with Crippen LogP contribution in [0.5, 0.6) is 0 Å². The first-order chi connectivity index (χ1) is 7.06. The molecule has 1 rings (SSSR count). The minimum absolute atomic E-state index is 0.122. The smallest absolute Gasteiger partial charge is 0.256 e. The second-order valence-corrected chi connectivity index (χ2v) is 3.91. The lowest BCUT2D eigenvalue weighted by Gasteiger charge is -2.19. The number of halogens is 1. The maximum absolute atomic E-state index is 11.7. The summed E-state index contributed by atoms with van der Waals surface area (Å²) in [6.45, 7) is 1.71. The van der Waals surface area contributed by atoms with Crippen molar-refractivity contribution < 1.29 is 9.53 Å². The highest BCUT2D eigenvalue weighted by Crippen LogP contribution is 2.14. The minimum Gasteiger partial charge on any atom is -0.372 e. The maximum atomic E-state index is 11.7. The Morgan fingerprint density at radius 1 is 1.60 bits per heavy atom. The monoisotopic (exact) mass is 272 g/mol. The van der Waals surface area contributed by atoms with Crippen molar-refractivity contribution >= 4 is 27.7 Å². The highest BCUT2D eigenvalue weighted by molar-refractivity contribution is 9.10. The summed E-state index contributed by atoms with van der Waals surface area (Å²) in [6.07, 6.45) is -0.462. The van der Waals surface area contributed by atoms with Crippen LogP contribution in [0.3, 0.4) is 0 Å². The van der Waals surface area contributed by atoms with Gasteiger partial charge in [-0.1, -0.05) is 6.07 Å². The van der Waals surface area contributed by atoms with Gasteiger partial charge in [-0.25, -0.2) is 4.98 Å². The van der Waals surface area contributed by atoms with Crippen LogP contribution in [0.2, 0.25) is 0 Å². The van der Waals surface area contributed by atoms with Gasteiger partial charge in [0.15, 0.2) is 0 Å². The molecule has 0 aliphatic heterocycles. The fraction of sp³-hybridized carbons (Fsp3) is 0.400. The first-order valence-electron chi connectivity index (χ1n) is 4.49. The largest absolute Gasteiger partial charge is 0.372 e. The van der Waals surface area contributed by atoms with Crippen LogP contribution in [0, 0.1) is 0 Å². The maximum Gasteiger partial charge on any atom is 0.256 e. The summed E-state index contributed by atoms with van der Waals surface area (Å²) in [4.78, 5) is 17.4. The average molecular weight is 273 g/mol. The van der Waals surface area contributed by atoms with Crippen molar-refractivity contribution in [3.63, 3.8) is 0 Å². The number of rotatable bonds is 3. The van der Waals surface area contributed by atoms with E-state index in [4.69, 9.17) is 4.74 Å². The molecule has 82 valence electrons. The summed E-state index contributed by atoms with van der Waals surface area (Å²) < 4.78 is 5.65. The van der Waals surface area contributed by atoms with Crippen LogP contribution in [0.15, 0.2) is 22.8 Å². The molecule has 0 aliphatic rings. The van der Waals surface area contributed by atoms with E-state index in [0.29, 0.717) is 10.4 Å². The summed E-state index contributed by atoms with van der Waals surface area (Å²) in [5.74, 6) is 0.473. The van der Waals surface area contributed by atoms with Gasteiger partial charge in [0.1, 0.15) is 16.5 Å². The van der Waals surface area contributed by atoms with Gasteiger partial charge in [0.2, 0.25) is 0 Å². The second-order valence-electron chi connectivity index (χ2n) is 3.09. The molecule has 1 heterocycles. The number of hydrogen-bond acceptors (Lipinski definition) is 3. The van der Waals surface area contributed by atoms with Crippen molar-refractivity contribution in [1.29, 1.82) is 0 Å². The van der Waals surface area contributed by atoms with Crippen LogP contribution in [-0.2, 0) is 9.53 Å². The Kier molecular flexibility index (Phi) is 4.23. The number of ether oxygens (including phenoxy) is 1. The lowest BCUT2D eigenvalue weighted by Crippen LogP contribution is -2.36. The van der Waals surface area contributed by atoms with Gasteiger partial charge >= 0.3 is 0 Å². The summed E-state index contributed by atoms with van der Waals surface area (Å²) in [6, 6.07) is 5.40. The van der Waals surface area contributed by atoms with Crippen LogP contribution in [0.25, 0.3) is 0 Å². The normalized spacial score (nSPS) is 12.3. The molecule has 0 aromatic carbocycles.